The van der Waals surface area contributed by atoms with Gasteiger partial charge in [0.2, 0.25) is 0 Å². The Balaban J connectivity index is 3.20. The third-order valence-electron chi connectivity index (χ3n) is 2.72. The average molecular weight is 397 g/mol. The monoisotopic (exact) mass is 396 g/mol. The van der Waals surface area contributed by atoms with Gasteiger partial charge in [-0.15, -0.1) is 0 Å². The maximum absolute atomic E-state index is 12.0. The van der Waals surface area contributed by atoms with Gasteiger partial charge in [0.1, 0.15) is 11.6 Å². The van der Waals surface area contributed by atoms with Crippen LogP contribution in [0.4, 0.5) is 0 Å². The van der Waals surface area contributed by atoms with Crippen molar-refractivity contribution in [3.05, 3.63) is 27.7 Å². The van der Waals surface area contributed by atoms with E-state index in [0.717, 1.165) is 0 Å². The number of nitrogens with one attached hydrogen (secondary N) is 1. The van der Waals surface area contributed by atoms with Crippen LogP contribution in [0.3, 0.4) is 0 Å². The standard InChI is InChI=1S/C16H17BrN2O5/c1-9(2)19-16(22)11(7-18)4-10-5-13(23-3)14(6-12(10)17)24-8-15(20)21/h4-6,9H,8H2,1-3H3,(H,19,22)(H,20,21)/b11-4-. The normalized spacial score (nSPS) is 10.9. The van der Waals surface area contributed by atoms with E-state index >= 15 is 0 Å². The number of carbonyl (C=O) groups is 2. The number of hydrogen-bond donors (Lipinski definition) is 2. The van der Waals surface area contributed by atoms with Crippen LogP contribution in [0.5, 0.6) is 11.5 Å². The Morgan fingerprint density at radius 2 is 2.08 bits per heavy atom. The summed E-state index contributed by atoms with van der Waals surface area (Å²) in [7, 11) is 1.40. The summed E-state index contributed by atoms with van der Waals surface area (Å²) >= 11 is 3.31. The van der Waals surface area contributed by atoms with Crippen molar-refractivity contribution >= 4 is 33.9 Å². The predicted octanol–water partition coefficient (Wildman–Crippen LogP) is 2.35. The molecule has 0 spiro atoms. The minimum absolute atomic E-state index is 0.0642. The van der Waals surface area contributed by atoms with Crippen molar-refractivity contribution in [3.8, 4) is 17.6 Å². The molecule has 0 radical (unpaired) electrons. The Kier molecular flexibility index (Phi) is 7.27. The number of hydrogen-bond acceptors (Lipinski definition) is 5. The Morgan fingerprint density at radius 3 is 2.58 bits per heavy atom. The molecule has 0 heterocycles. The summed E-state index contributed by atoms with van der Waals surface area (Å²) in [5, 5.41) is 20.5. The Hall–Kier alpha value is -2.53. The number of halogens is 1. The molecule has 0 saturated heterocycles. The zero-order valence-corrected chi connectivity index (χ0v) is 15.0. The number of benzene rings is 1. The van der Waals surface area contributed by atoms with Crippen molar-refractivity contribution in [2.24, 2.45) is 0 Å². The number of carbonyl (C=O) groups excluding carboxylic acids is 1. The zero-order chi connectivity index (χ0) is 18.3. The Labute approximate surface area is 148 Å². The fraction of sp³-hybridized carbons (Fsp3) is 0.312. The van der Waals surface area contributed by atoms with Crippen LogP contribution in [0, 0.1) is 11.3 Å². The number of nitriles is 1. The van der Waals surface area contributed by atoms with Gasteiger partial charge in [-0.3, -0.25) is 4.79 Å². The zero-order valence-electron chi connectivity index (χ0n) is 13.4. The summed E-state index contributed by atoms with van der Waals surface area (Å²) in [5.41, 5.74) is 0.454. The highest BCUT2D eigenvalue weighted by Crippen LogP contribution is 2.34. The third kappa shape index (κ3) is 5.59. The van der Waals surface area contributed by atoms with E-state index in [2.05, 4.69) is 21.2 Å². The summed E-state index contributed by atoms with van der Waals surface area (Å²) in [6.45, 7) is 3.07. The summed E-state index contributed by atoms with van der Waals surface area (Å²) in [6.07, 6.45) is 1.41. The van der Waals surface area contributed by atoms with Gasteiger partial charge in [-0.1, -0.05) is 15.9 Å². The molecule has 0 fully saturated rings. The van der Waals surface area contributed by atoms with Crippen LogP contribution in [-0.2, 0) is 9.59 Å². The van der Waals surface area contributed by atoms with Gasteiger partial charge in [0.25, 0.3) is 5.91 Å². The summed E-state index contributed by atoms with van der Waals surface area (Å²) < 4.78 is 10.8. The molecule has 0 atom stereocenters. The van der Waals surface area contributed by atoms with Gasteiger partial charge in [-0.05, 0) is 37.6 Å². The van der Waals surface area contributed by atoms with Gasteiger partial charge < -0.3 is 19.9 Å². The second-order valence-corrected chi connectivity index (χ2v) is 5.86. The van der Waals surface area contributed by atoms with E-state index in [4.69, 9.17) is 14.6 Å². The first kappa shape index (κ1) is 19.5. The molecule has 0 aromatic heterocycles. The van der Waals surface area contributed by atoms with Gasteiger partial charge in [0.05, 0.1) is 7.11 Å². The topological polar surface area (TPSA) is 109 Å². The van der Waals surface area contributed by atoms with Crippen molar-refractivity contribution in [3.63, 3.8) is 0 Å². The minimum atomic E-state index is -1.12. The molecular formula is C16H17BrN2O5. The quantitative estimate of drug-likeness (QED) is 0.540. The average Bonchev–Trinajstić information content (AvgIpc) is 2.50. The summed E-state index contributed by atoms with van der Waals surface area (Å²) in [4.78, 5) is 22.6. The minimum Gasteiger partial charge on any atom is -0.493 e. The molecule has 24 heavy (non-hydrogen) atoms. The number of amides is 1. The highest BCUT2D eigenvalue weighted by atomic mass is 79.9. The lowest BCUT2D eigenvalue weighted by molar-refractivity contribution is -0.139. The van der Waals surface area contributed by atoms with E-state index in [1.54, 1.807) is 19.9 Å². The van der Waals surface area contributed by atoms with Gasteiger partial charge in [0, 0.05) is 10.5 Å². The van der Waals surface area contributed by atoms with Gasteiger partial charge in [-0.2, -0.15) is 5.26 Å². The molecule has 2 N–H and O–H groups in total. The van der Waals surface area contributed by atoms with Crippen molar-refractivity contribution < 1.29 is 24.2 Å². The van der Waals surface area contributed by atoms with Crippen LogP contribution >= 0.6 is 15.9 Å². The predicted molar refractivity (Wildman–Crippen MR) is 90.7 cm³/mol. The first-order chi connectivity index (χ1) is 11.3. The highest BCUT2D eigenvalue weighted by Gasteiger charge is 2.14. The van der Waals surface area contributed by atoms with E-state index < -0.39 is 18.5 Å². The third-order valence-corrected chi connectivity index (χ3v) is 3.41. The number of carboxylic acid groups (broad SMARTS) is 1. The summed E-state index contributed by atoms with van der Waals surface area (Å²) in [6, 6.07) is 4.82. The van der Waals surface area contributed by atoms with Crippen LogP contribution in [-0.4, -0.2) is 36.7 Å². The Bertz CT molecular complexity index is 707. The lowest BCUT2D eigenvalue weighted by Gasteiger charge is -2.12. The van der Waals surface area contributed by atoms with Crippen LogP contribution in [0.25, 0.3) is 6.08 Å². The summed E-state index contributed by atoms with van der Waals surface area (Å²) in [5.74, 6) is -1.08. The molecule has 8 heteroatoms. The lowest BCUT2D eigenvalue weighted by Crippen LogP contribution is -2.30. The second-order valence-electron chi connectivity index (χ2n) is 5.00. The molecule has 0 aliphatic heterocycles. The lowest BCUT2D eigenvalue weighted by atomic mass is 10.1. The molecule has 0 unspecified atom stereocenters. The van der Waals surface area contributed by atoms with E-state index in [1.807, 2.05) is 6.07 Å². The SMILES string of the molecule is COc1cc(/C=C(/C#N)C(=O)NC(C)C)c(Br)cc1OCC(=O)O. The van der Waals surface area contributed by atoms with Crippen molar-refractivity contribution in [2.75, 3.05) is 13.7 Å². The van der Waals surface area contributed by atoms with E-state index in [9.17, 15) is 14.9 Å². The van der Waals surface area contributed by atoms with Crippen molar-refractivity contribution in [1.29, 1.82) is 5.26 Å². The second kappa shape index (κ2) is 8.93. The van der Waals surface area contributed by atoms with Crippen molar-refractivity contribution in [1.82, 2.24) is 5.32 Å². The first-order valence-corrected chi connectivity index (χ1v) is 7.72. The number of rotatable bonds is 7. The number of methoxy groups -OCH3 is 1. The molecule has 0 aliphatic carbocycles. The Morgan fingerprint density at radius 1 is 1.42 bits per heavy atom. The smallest absolute Gasteiger partial charge is 0.341 e. The number of aliphatic carboxylic acids is 1. The van der Waals surface area contributed by atoms with Crippen LogP contribution in [0.15, 0.2) is 22.2 Å². The number of nitrogens with zero attached hydrogens (tertiary/aromatic N) is 1. The van der Waals surface area contributed by atoms with Crippen LogP contribution in [0.2, 0.25) is 0 Å². The van der Waals surface area contributed by atoms with Gasteiger partial charge in [-0.25, -0.2) is 4.79 Å². The molecule has 0 bridgehead atoms. The van der Waals surface area contributed by atoms with Gasteiger partial charge >= 0.3 is 5.97 Å². The van der Waals surface area contributed by atoms with Crippen LogP contribution in [0.1, 0.15) is 19.4 Å². The fourth-order valence-corrected chi connectivity index (χ4v) is 2.15. The van der Waals surface area contributed by atoms with E-state index in [1.165, 1.54) is 19.3 Å². The first-order valence-electron chi connectivity index (χ1n) is 6.93. The van der Waals surface area contributed by atoms with E-state index in [0.29, 0.717) is 10.0 Å². The molecule has 128 valence electrons. The molecule has 1 aromatic carbocycles. The molecular weight excluding hydrogens is 380 g/mol. The number of ether oxygens (including phenoxy) is 2. The highest BCUT2D eigenvalue weighted by molar-refractivity contribution is 9.10. The van der Waals surface area contributed by atoms with E-state index in [-0.39, 0.29) is 23.1 Å². The fourth-order valence-electron chi connectivity index (χ4n) is 1.72. The molecule has 0 aliphatic rings. The maximum Gasteiger partial charge on any atom is 0.341 e. The maximum atomic E-state index is 12.0. The van der Waals surface area contributed by atoms with Crippen LogP contribution < -0.4 is 14.8 Å². The molecule has 1 aromatic rings. The number of carboxylic acids is 1. The molecule has 1 rings (SSSR count). The molecule has 7 nitrogen and oxygen atoms in total. The molecule has 0 saturated carbocycles. The molecule has 1 amide bonds. The van der Waals surface area contributed by atoms with Gasteiger partial charge in [0.15, 0.2) is 18.1 Å². The van der Waals surface area contributed by atoms with Crippen molar-refractivity contribution in [2.45, 2.75) is 19.9 Å². The largest absolute Gasteiger partial charge is 0.493 e.